The predicted molar refractivity (Wildman–Crippen MR) is 67.1 cm³/mol. The Morgan fingerprint density at radius 1 is 1.41 bits per heavy atom. The van der Waals surface area contributed by atoms with E-state index in [4.69, 9.17) is 11.6 Å². The van der Waals surface area contributed by atoms with E-state index in [1.165, 1.54) is 0 Å². The Balaban J connectivity index is 1.80. The van der Waals surface area contributed by atoms with Crippen molar-refractivity contribution in [2.45, 2.75) is 13.1 Å². The van der Waals surface area contributed by atoms with Gasteiger partial charge in [-0.2, -0.15) is 5.10 Å². The summed E-state index contributed by atoms with van der Waals surface area (Å²) in [5.41, 5.74) is 0.804. The maximum Gasteiger partial charge on any atom is 0.120 e. The molecule has 1 aromatic carbocycles. The van der Waals surface area contributed by atoms with Gasteiger partial charge >= 0.3 is 0 Å². The van der Waals surface area contributed by atoms with Gasteiger partial charge < -0.3 is 10.4 Å². The Labute approximate surface area is 105 Å². The van der Waals surface area contributed by atoms with Crippen molar-refractivity contribution < 1.29 is 5.11 Å². The predicted octanol–water partition coefficient (Wildman–Crippen LogP) is 2.03. The molecule has 0 aliphatic carbocycles. The molecule has 4 nitrogen and oxygen atoms in total. The molecule has 1 heterocycles. The summed E-state index contributed by atoms with van der Waals surface area (Å²) in [6.07, 6.45) is 3.67. The van der Waals surface area contributed by atoms with Crippen molar-refractivity contribution in [3.05, 3.63) is 47.2 Å². The Bertz CT molecular complexity index is 471. The maximum absolute atomic E-state index is 9.60. The Kier molecular flexibility index (Phi) is 4.01. The van der Waals surface area contributed by atoms with Gasteiger partial charge in [-0.05, 0) is 24.3 Å². The van der Waals surface area contributed by atoms with Crippen LogP contribution in [-0.2, 0) is 13.1 Å². The summed E-state index contributed by atoms with van der Waals surface area (Å²) < 4.78 is 1.85. The first-order valence-corrected chi connectivity index (χ1v) is 5.79. The molecule has 5 heteroatoms. The number of benzene rings is 1. The summed E-state index contributed by atoms with van der Waals surface area (Å²) in [7, 11) is 0. The molecular formula is C12H14ClN3O. The van der Waals surface area contributed by atoms with Crippen LogP contribution < -0.4 is 5.32 Å². The molecule has 0 bridgehead atoms. The molecule has 1 aromatic heterocycles. The van der Waals surface area contributed by atoms with Gasteiger partial charge in [0.25, 0.3) is 0 Å². The minimum Gasteiger partial charge on any atom is -0.508 e. The second-order valence-corrected chi connectivity index (χ2v) is 4.16. The minimum absolute atomic E-state index is 0.265. The summed E-state index contributed by atoms with van der Waals surface area (Å²) in [6.45, 7) is 2.18. The fraction of sp³-hybridized carbons (Fsp3) is 0.250. The molecule has 0 fully saturated rings. The molecule has 90 valence electrons. The second kappa shape index (κ2) is 5.70. The third kappa shape index (κ3) is 3.47. The minimum atomic E-state index is 0.265. The van der Waals surface area contributed by atoms with Crippen LogP contribution in [0.25, 0.3) is 0 Å². The van der Waals surface area contributed by atoms with Gasteiger partial charge in [-0.25, -0.2) is 0 Å². The Morgan fingerprint density at radius 2 is 2.29 bits per heavy atom. The van der Waals surface area contributed by atoms with E-state index in [-0.39, 0.29) is 5.75 Å². The van der Waals surface area contributed by atoms with E-state index in [9.17, 15) is 5.11 Å². The number of hydrogen-bond donors (Lipinski definition) is 2. The van der Waals surface area contributed by atoms with Crippen LogP contribution >= 0.6 is 11.6 Å². The van der Waals surface area contributed by atoms with Crippen LogP contribution in [0.3, 0.4) is 0 Å². The highest BCUT2D eigenvalue weighted by Crippen LogP contribution is 2.20. The summed E-state index contributed by atoms with van der Waals surface area (Å²) in [4.78, 5) is 0. The number of nitrogens with one attached hydrogen (secondary N) is 1. The molecule has 17 heavy (non-hydrogen) atoms. The van der Waals surface area contributed by atoms with Crippen molar-refractivity contribution in [2.75, 3.05) is 6.54 Å². The monoisotopic (exact) mass is 251 g/mol. The van der Waals surface area contributed by atoms with Crippen LogP contribution in [-0.4, -0.2) is 21.4 Å². The summed E-state index contributed by atoms with van der Waals surface area (Å²) >= 11 is 5.86. The van der Waals surface area contributed by atoms with Crippen LogP contribution in [0.1, 0.15) is 5.56 Å². The zero-order valence-corrected chi connectivity index (χ0v) is 10.1. The average Bonchev–Trinajstić information content (AvgIpc) is 2.82. The first-order chi connectivity index (χ1) is 8.25. The van der Waals surface area contributed by atoms with Crippen LogP contribution in [0.5, 0.6) is 5.75 Å². The second-order valence-electron chi connectivity index (χ2n) is 3.72. The molecule has 0 aliphatic rings. The largest absolute Gasteiger partial charge is 0.508 e. The Morgan fingerprint density at radius 3 is 3.06 bits per heavy atom. The van der Waals surface area contributed by atoms with E-state index in [0.29, 0.717) is 11.6 Å². The fourth-order valence-electron chi connectivity index (χ4n) is 1.55. The van der Waals surface area contributed by atoms with E-state index in [1.54, 1.807) is 24.4 Å². The first-order valence-electron chi connectivity index (χ1n) is 5.41. The number of phenols is 1. The van der Waals surface area contributed by atoms with Crippen molar-refractivity contribution in [2.24, 2.45) is 0 Å². The molecule has 0 saturated heterocycles. The highest BCUT2D eigenvalue weighted by Gasteiger charge is 2.01. The van der Waals surface area contributed by atoms with E-state index >= 15 is 0 Å². The lowest BCUT2D eigenvalue weighted by molar-refractivity contribution is 0.462. The zero-order chi connectivity index (χ0) is 12.1. The molecular weight excluding hydrogens is 238 g/mol. The number of halogens is 1. The number of nitrogens with zero attached hydrogens (tertiary/aromatic N) is 2. The lowest BCUT2D eigenvalue weighted by Gasteiger charge is -2.07. The van der Waals surface area contributed by atoms with E-state index in [2.05, 4.69) is 10.4 Å². The number of aromatic nitrogens is 2. The molecule has 0 radical (unpaired) electrons. The lowest BCUT2D eigenvalue weighted by Crippen LogP contribution is -2.19. The summed E-state index contributed by atoms with van der Waals surface area (Å²) in [5.74, 6) is 0.265. The first kappa shape index (κ1) is 12.0. The third-order valence-electron chi connectivity index (χ3n) is 2.43. The number of aromatic hydroxyl groups is 1. The van der Waals surface area contributed by atoms with Crippen molar-refractivity contribution in [1.29, 1.82) is 0 Å². The van der Waals surface area contributed by atoms with Gasteiger partial charge in [0, 0.05) is 36.1 Å². The quantitative estimate of drug-likeness (QED) is 0.800. The van der Waals surface area contributed by atoms with Crippen LogP contribution in [0, 0.1) is 0 Å². The maximum atomic E-state index is 9.60. The van der Waals surface area contributed by atoms with Crippen molar-refractivity contribution >= 4 is 11.6 Å². The number of hydrogen-bond acceptors (Lipinski definition) is 3. The zero-order valence-electron chi connectivity index (χ0n) is 9.31. The van der Waals surface area contributed by atoms with Crippen molar-refractivity contribution in [1.82, 2.24) is 15.1 Å². The van der Waals surface area contributed by atoms with Crippen molar-refractivity contribution in [3.8, 4) is 5.75 Å². The van der Waals surface area contributed by atoms with E-state index < -0.39 is 0 Å². The highest BCUT2D eigenvalue weighted by atomic mass is 35.5. The lowest BCUT2D eigenvalue weighted by atomic mass is 10.2. The molecule has 0 atom stereocenters. The summed E-state index contributed by atoms with van der Waals surface area (Å²) in [5, 5.41) is 17.6. The van der Waals surface area contributed by atoms with Gasteiger partial charge in [0.15, 0.2) is 0 Å². The molecule has 0 spiro atoms. The molecule has 2 N–H and O–H groups in total. The van der Waals surface area contributed by atoms with Crippen LogP contribution in [0.2, 0.25) is 5.02 Å². The fourth-order valence-corrected chi connectivity index (χ4v) is 1.74. The third-order valence-corrected chi connectivity index (χ3v) is 2.67. The molecule has 0 amide bonds. The van der Waals surface area contributed by atoms with Gasteiger partial charge in [-0.15, -0.1) is 0 Å². The highest BCUT2D eigenvalue weighted by molar-refractivity contribution is 6.30. The van der Waals surface area contributed by atoms with E-state index in [0.717, 1.165) is 18.7 Å². The number of phenolic OH excluding ortho intramolecular Hbond substituents is 1. The van der Waals surface area contributed by atoms with Gasteiger partial charge in [0.2, 0.25) is 0 Å². The van der Waals surface area contributed by atoms with Crippen molar-refractivity contribution in [3.63, 3.8) is 0 Å². The average molecular weight is 252 g/mol. The molecule has 2 rings (SSSR count). The van der Waals surface area contributed by atoms with Gasteiger partial charge in [-0.1, -0.05) is 11.6 Å². The van der Waals surface area contributed by atoms with Gasteiger partial charge in [0.1, 0.15) is 5.75 Å². The SMILES string of the molecule is Oc1ccc(Cl)cc1CNCCn1cccn1. The summed E-state index contributed by atoms with van der Waals surface area (Å²) in [6, 6.07) is 6.93. The topological polar surface area (TPSA) is 50.1 Å². The molecule has 2 aromatic rings. The van der Waals surface area contributed by atoms with E-state index in [1.807, 2.05) is 16.9 Å². The molecule has 0 saturated carbocycles. The van der Waals surface area contributed by atoms with Crippen LogP contribution in [0.15, 0.2) is 36.7 Å². The molecule has 0 unspecified atom stereocenters. The number of rotatable bonds is 5. The molecule has 0 aliphatic heterocycles. The standard InChI is InChI=1S/C12H14ClN3O/c13-11-2-3-12(17)10(8-11)9-14-5-7-16-6-1-4-15-16/h1-4,6,8,14,17H,5,7,9H2. The Hall–Kier alpha value is -1.52. The van der Waals surface area contributed by atoms with Gasteiger partial charge in [-0.3, -0.25) is 4.68 Å². The van der Waals surface area contributed by atoms with Gasteiger partial charge in [0.05, 0.1) is 6.54 Å². The normalized spacial score (nSPS) is 10.6. The smallest absolute Gasteiger partial charge is 0.120 e. The van der Waals surface area contributed by atoms with Crippen LogP contribution in [0.4, 0.5) is 0 Å².